The highest BCUT2D eigenvalue weighted by atomic mass is 35.5. The van der Waals surface area contributed by atoms with Crippen LogP contribution in [0.4, 0.5) is 5.82 Å². The predicted molar refractivity (Wildman–Crippen MR) is 170 cm³/mol. The first-order valence-corrected chi connectivity index (χ1v) is 16.9. The van der Waals surface area contributed by atoms with Gasteiger partial charge in [-0.25, -0.2) is 14.8 Å². The van der Waals surface area contributed by atoms with Crippen LogP contribution >= 0.6 is 23.4 Å². The Hall–Kier alpha value is -3.05. The Morgan fingerprint density at radius 3 is 2.56 bits per heavy atom. The summed E-state index contributed by atoms with van der Waals surface area (Å²) in [5, 5.41) is 0.812. The molecule has 2 amide bonds. The molecule has 12 heteroatoms. The molecule has 0 bridgehead atoms. The molecule has 230 valence electrons. The maximum absolute atomic E-state index is 13.1. The van der Waals surface area contributed by atoms with Gasteiger partial charge in [-0.3, -0.25) is 14.2 Å². The van der Waals surface area contributed by atoms with Crippen LogP contribution in [0.15, 0.2) is 40.3 Å². The Bertz CT molecular complexity index is 1510. The van der Waals surface area contributed by atoms with Crippen LogP contribution in [0, 0.1) is 5.92 Å². The summed E-state index contributed by atoms with van der Waals surface area (Å²) >= 11 is 7.68. The molecule has 0 unspecified atom stereocenters. The van der Waals surface area contributed by atoms with Crippen molar-refractivity contribution >= 4 is 52.0 Å². The Kier molecular flexibility index (Phi) is 9.28. The molecule has 2 aromatic heterocycles. The number of aromatic amines is 1. The van der Waals surface area contributed by atoms with Crippen LogP contribution in [0.1, 0.15) is 64.3 Å². The fourth-order valence-corrected chi connectivity index (χ4v) is 7.93. The molecule has 1 saturated carbocycles. The minimum absolute atomic E-state index is 0.0261. The third-order valence-electron chi connectivity index (χ3n) is 9.30. The van der Waals surface area contributed by atoms with Crippen LogP contribution in [0.25, 0.3) is 11.0 Å². The van der Waals surface area contributed by atoms with E-state index in [4.69, 9.17) is 16.6 Å². The number of rotatable bonds is 8. The van der Waals surface area contributed by atoms with Crippen molar-refractivity contribution in [2.45, 2.75) is 75.5 Å². The van der Waals surface area contributed by atoms with Crippen molar-refractivity contribution in [1.29, 1.82) is 0 Å². The van der Waals surface area contributed by atoms with E-state index >= 15 is 0 Å². The molecule has 0 radical (unpaired) electrons. The summed E-state index contributed by atoms with van der Waals surface area (Å²) in [6.45, 7) is 5.31. The second-order valence-corrected chi connectivity index (χ2v) is 13.5. The number of carbonyl (C=O) groups excluding carboxylic acids is 2. The number of fused-ring (bicyclic) bond motifs is 1. The average molecular weight is 626 g/mol. The van der Waals surface area contributed by atoms with Gasteiger partial charge in [0.2, 0.25) is 11.8 Å². The van der Waals surface area contributed by atoms with Crippen molar-refractivity contribution in [3.63, 3.8) is 0 Å². The Morgan fingerprint density at radius 2 is 1.79 bits per heavy atom. The standard InChI is InChI=1S/C31H40ClN7O3S/c1-21-19-37(16-17-38(21)28(40)11-10-22-6-2-3-7-22)27-18-26(32)34-30(35-27)43-20-29(41)36-14-12-23(13-15-36)39-25-9-5-4-8-24(25)33-31(39)42/h4-5,8-9,18,21-23H,2-3,6-7,10-17,19-20H2,1H3,(H,33,42)/t21-/m1/s1. The summed E-state index contributed by atoms with van der Waals surface area (Å²) < 4.78 is 1.83. The van der Waals surface area contributed by atoms with Gasteiger partial charge in [-0.1, -0.05) is 61.2 Å². The van der Waals surface area contributed by atoms with Crippen LogP contribution in [0.3, 0.4) is 0 Å². The molecule has 3 aromatic rings. The molecular formula is C31H40ClN7O3S. The number of aromatic nitrogens is 4. The number of piperazine rings is 1. The van der Waals surface area contributed by atoms with E-state index in [0.717, 1.165) is 42.0 Å². The number of carbonyl (C=O) groups is 2. The van der Waals surface area contributed by atoms with E-state index in [-0.39, 0.29) is 35.3 Å². The Balaban J connectivity index is 1.00. The first-order chi connectivity index (χ1) is 20.9. The molecule has 0 spiro atoms. The highest BCUT2D eigenvalue weighted by Gasteiger charge is 2.30. The number of thioether (sulfide) groups is 1. The normalized spacial score (nSPS) is 20.3. The number of para-hydroxylation sites is 2. The number of H-pyrrole nitrogens is 1. The second kappa shape index (κ2) is 13.3. The lowest BCUT2D eigenvalue weighted by Gasteiger charge is -2.40. The van der Waals surface area contributed by atoms with Gasteiger partial charge in [0.05, 0.1) is 16.8 Å². The van der Waals surface area contributed by atoms with Crippen LogP contribution in [-0.4, -0.2) is 85.7 Å². The largest absolute Gasteiger partial charge is 0.353 e. The highest BCUT2D eigenvalue weighted by molar-refractivity contribution is 7.99. The van der Waals surface area contributed by atoms with Crippen molar-refractivity contribution in [3.05, 3.63) is 46.0 Å². The summed E-state index contributed by atoms with van der Waals surface area (Å²) in [6.07, 6.45) is 8.24. The molecule has 2 aliphatic heterocycles. The number of halogens is 1. The van der Waals surface area contributed by atoms with E-state index in [1.807, 2.05) is 38.6 Å². The lowest BCUT2D eigenvalue weighted by molar-refractivity contribution is -0.134. The number of hydrogen-bond acceptors (Lipinski definition) is 7. The number of likely N-dealkylation sites (tertiary alicyclic amines) is 1. The zero-order valence-electron chi connectivity index (χ0n) is 24.7. The summed E-state index contributed by atoms with van der Waals surface area (Å²) in [6, 6.07) is 9.62. The highest BCUT2D eigenvalue weighted by Crippen LogP contribution is 2.30. The van der Waals surface area contributed by atoms with Gasteiger partial charge in [0, 0.05) is 57.3 Å². The molecular weight excluding hydrogens is 586 g/mol. The Labute approximate surface area is 261 Å². The first kappa shape index (κ1) is 30.0. The molecule has 10 nitrogen and oxygen atoms in total. The van der Waals surface area contributed by atoms with Gasteiger partial charge >= 0.3 is 5.69 Å². The van der Waals surface area contributed by atoms with Crippen LogP contribution in [0.2, 0.25) is 5.15 Å². The molecule has 43 heavy (non-hydrogen) atoms. The van der Waals surface area contributed by atoms with E-state index in [1.165, 1.54) is 37.4 Å². The number of hydrogen-bond donors (Lipinski definition) is 1. The van der Waals surface area contributed by atoms with Gasteiger partial charge in [-0.2, -0.15) is 0 Å². The number of benzene rings is 1. The molecule has 2 saturated heterocycles. The lowest BCUT2D eigenvalue weighted by atomic mass is 10.0. The van der Waals surface area contributed by atoms with Crippen molar-refractivity contribution < 1.29 is 9.59 Å². The average Bonchev–Trinajstić information content (AvgIpc) is 3.65. The smallest absolute Gasteiger partial charge is 0.326 e. The van der Waals surface area contributed by atoms with Crippen molar-refractivity contribution in [3.8, 4) is 0 Å². The van der Waals surface area contributed by atoms with Gasteiger partial charge in [-0.15, -0.1) is 0 Å². The molecule has 1 N–H and O–H groups in total. The molecule has 1 atom stereocenters. The van der Waals surface area contributed by atoms with Crippen LogP contribution < -0.4 is 10.6 Å². The van der Waals surface area contributed by atoms with Crippen molar-refractivity contribution in [2.75, 3.05) is 43.4 Å². The SMILES string of the molecule is C[C@@H]1CN(c2cc(Cl)nc(SCC(=O)N3CCC(n4c(=O)[nH]c5ccccc54)CC3)n2)CCN1C(=O)CCC1CCCC1. The fourth-order valence-electron chi connectivity index (χ4n) is 6.95. The third kappa shape index (κ3) is 6.87. The van der Waals surface area contributed by atoms with E-state index in [2.05, 4.69) is 21.8 Å². The number of nitrogens with one attached hydrogen (secondary N) is 1. The molecule has 3 fully saturated rings. The number of nitrogens with zero attached hydrogens (tertiary/aromatic N) is 6. The number of imidazole rings is 1. The minimum Gasteiger partial charge on any atom is -0.353 e. The van der Waals surface area contributed by atoms with E-state index in [0.29, 0.717) is 49.5 Å². The molecule has 1 aromatic carbocycles. The van der Waals surface area contributed by atoms with Gasteiger partial charge in [0.25, 0.3) is 0 Å². The molecule has 4 heterocycles. The molecule has 3 aliphatic rings. The maximum atomic E-state index is 13.1. The zero-order valence-corrected chi connectivity index (χ0v) is 26.3. The van der Waals surface area contributed by atoms with Crippen molar-refractivity contribution in [1.82, 2.24) is 29.3 Å². The maximum Gasteiger partial charge on any atom is 0.326 e. The summed E-state index contributed by atoms with van der Waals surface area (Å²) in [5.41, 5.74) is 1.64. The fraction of sp³-hybridized carbons (Fsp3) is 0.581. The topological polar surface area (TPSA) is 107 Å². The molecule has 6 rings (SSSR count). The van der Waals surface area contributed by atoms with E-state index in [1.54, 1.807) is 6.07 Å². The summed E-state index contributed by atoms with van der Waals surface area (Å²) in [5.74, 6) is 1.95. The van der Waals surface area contributed by atoms with E-state index < -0.39 is 0 Å². The zero-order chi connectivity index (χ0) is 29.9. The monoisotopic (exact) mass is 625 g/mol. The summed E-state index contributed by atoms with van der Waals surface area (Å²) in [4.78, 5) is 56.7. The second-order valence-electron chi connectivity index (χ2n) is 12.1. The number of anilines is 1. The van der Waals surface area contributed by atoms with Gasteiger partial charge in [0.15, 0.2) is 5.16 Å². The third-order valence-corrected chi connectivity index (χ3v) is 10.3. The predicted octanol–water partition coefficient (Wildman–Crippen LogP) is 4.74. The number of piperidine rings is 1. The quantitative estimate of drug-likeness (QED) is 0.219. The van der Waals surface area contributed by atoms with Crippen molar-refractivity contribution in [2.24, 2.45) is 5.92 Å². The first-order valence-electron chi connectivity index (χ1n) is 15.5. The van der Waals surface area contributed by atoms with E-state index in [9.17, 15) is 14.4 Å². The Morgan fingerprint density at radius 1 is 1.02 bits per heavy atom. The minimum atomic E-state index is -0.0998. The van der Waals surface area contributed by atoms with Gasteiger partial charge in [-0.05, 0) is 44.2 Å². The lowest BCUT2D eigenvalue weighted by Crippen LogP contribution is -2.54. The van der Waals surface area contributed by atoms with Gasteiger partial charge < -0.3 is 19.7 Å². The molecule has 1 aliphatic carbocycles. The van der Waals surface area contributed by atoms with Crippen LogP contribution in [-0.2, 0) is 9.59 Å². The number of amides is 2. The summed E-state index contributed by atoms with van der Waals surface area (Å²) in [7, 11) is 0. The van der Waals surface area contributed by atoms with Gasteiger partial charge in [0.1, 0.15) is 11.0 Å². The van der Waals surface area contributed by atoms with Crippen LogP contribution in [0.5, 0.6) is 0 Å².